The first kappa shape index (κ1) is 21.2. The van der Waals surface area contributed by atoms with Crippen molar-refractivity contribution in [1.29, 1.82) is 0 Å². The van der Waals surface area contributed by atoms with Crippen LogP contribution in [0.15, 0.2) is 24.3 Å². The number of rotatable bonds is 8. The predicted molar refractivity (Wildman–Crippen MR) is 107 cm³/mol. The number of carbonyl (C=O) groups is 2. The topological polar surface area (TPSA) is 105 Å². The van der Waals surface area contributed by atoms with Crippen molar-refractivity contribution in [3.05, 3.63) is 29.8 Å². The fourth-order valence-electron chi connectivity index (χ4n) is 3.21. The Kier molecular flexibility index (Phi) is 8.59. The van der Waals surface area contributed by atoms with Crippen molar-refractivity contribution in [1.82, 2.24) is 15.1 Å². The lowest BCUT2D eigenvalue weighted by atomic mass is 10.0. The molecule has 2 rings (SSSR count). The highest BCUT2D eigenvalue weighted by molar-refractivity contribution is 7.79. The molecule has 1 aliphatic rings. The van der Waals surface area contributed by atoms with Gasteiger partial charge in [0.15, 0.2) is 0 Å². The van der Waals surface area contributed by atoms with Crippen molar-refractivity contribution in [2.24, 2.45) is 0 Å². The highest BCUT2D eigenvalue weighted by atomic mass is 32.1. The van der Waals surface area contributed by atoms with Crippen molar-refractivity contribution in [3.8, 4) is 0 Å². The van der Waals surface area contributed by atoms with Crippen LogP contribution >= 0.6 is 12.2 Å². The lowest BCUT2D eigenvalue weighted by molar-refractivity contribution is -0.140. The molecule has 1 saturated heterocycles. The fraction of sp³-hybridized carbons (Fsp3) is 0.500. The average Bonchev–Trinajstić information content (AvgIpc) is 2.69. The minimum atomic E-state index is -0.885. The first-order valence-corrected chi connectivity index (χ1v) is 9.35. The lowest BCUT2D eigenvalue weighted by Gasteiger charge is -2.31. The Morgan fingerprint density at radius 2 is 1.85 bits per heavy atom. The maximum Gasteiger partial charge on any atom is 0.317 e. The Labute approximate surface area is 164 Å². The number of carboxylic acids is 2. The van der Waals surface area contributed by atoms with E-state index in [4.69, 9.17) is 17.3 Å². The van der Waals surface area contributed by atoms with Crippen LogP contribution in [0.3, 0.4) is 0 Å². The summed E-state index contributed by atoms with van der Waals surface area (Å²) in [6.07, 6.45) is 0.705. The number of anilines is 1. The van der Waals surface area contributed by atoms with Gasteiger partial charge in [-0.3, -0.25) is 19.4 Å². The number of carboxylic acid groups (broad SMARTS) is 2. The first-order valence-electron chi connectivity index (χ1n) is 8.87. The Hall–Kier alpha value is -2.07. The molecule has 148 valence electrons. The second-order valence-electron chi connectivity index (χ2n) is 6.56. The minimum Gasteiger partial charge on any atom is -0.480 e. The number of benzene rings is 1. The summed E-state index contributed by atoms with van der Waals surface area (Å²) in [6.45, 7) is 2.86. The number of nitrogens with zero attached hydrogens (tertiary/aromatic N) is 2. The van der Waals surface area contributed by atoms with E-state index in [-0.39, 0.29) is 19.1 Å². The molecule has 9 heteroatoms. The van der Waals surface area contributed by atoms with E-state index in [1.54, 1.807) is 0 Å². The van der Waals surface area contributed by atoms with Gasteiger partial charge in [0.25, 0.3) is 0 Å². The quantitative estimate of drug-likeness (QED) is 0.465. The normalized spacial score (nSPS) is 19.5. The summed E-state index contributed by atoms with van der Waals surface area (Å²) in [5.41, 5.74) is 3.47. The Balaban J connectivity index is 2.08. The van der Waals surface area contributed by atoms with Gasteiger partial charge < -0.3 is 20.8 Å². The summed E-state index contributed by atoms with van der Waals surface area (Å²) in [5, 5.41) is 24.6. The monoisotopic (exact) mass is 394 g/mol. The van der Waals surface area contributed by atoms with Gasteiger partial charge in [0, 0.05) is 44.5 Å². The van der Waals surface area contributed by atoms with Crippen molar-refractivity contribution < 1.29 is 19.8 Å². The molecule has 4 N–H and O–H groups in total. The van der Waals surface area contributed by atoms with E-state index in [2.05, 4.69) is 10.6 Å². The van der Waals surface area contributed by atoms with Crippen LogP contribution in [0.25, 0.3) is 0 Å². The molecule has 0 aliphatic carbocycles. The van der Waals surface area contributed by atoms with Gasteiger partial charge in [-0.1, -0.05) is 24.4 Å². The standard InChI is InChI=1S/C18H26N4O4S/c23-17(24)11-21-6-5-19-10-16(22(8-7-21)12-18(25)26)9-14-1-3-15(4-2-14)20-13-27/h1-4,13,16,19H,5-12H2,(H,20,27)(H,23,24)(H,25,26). The van der Waals surface area contributed by atoms with Gasteiger partial charge in [0.2, 0.25) is 0 Å². The van der Waals surface area contributed by atoms with Crippen molar-refractivity contribution in [3.63, 3.8) is 0 Å². The van der Waals surface area contributed by atoms with Crippen LogP contribution in [-0.2, 0) is 16.0 Å². The lowest BCUT2D eigenvalue weighted by Crippen LogP contribution is -2.47. The fourth-order valence-corrected chi connectivity index (χ4v) is 3.35. The van der Waals surface area contributed by atoms with E-state index in [1.165, 1.54) is 5.49 Å². The Morgan fingerprint density at radius 3 is 2.48 bits per heavy atom. The summed E-state index contributed by atoms with van der Waals surface area (Å²) in [7, 11) is 0. The number of thiocarbonyl (C=S) groups is 1. The predicted octanol–water partition coefficient (Wildman–Crippen LogP) is 0.343. The largest absolute Gasteiger partial charge is 0.480 e. The van der Waals surface area contributed by atoms with Crippen LogP contribution in [0, 0.1) is 0 Å². The third-order valence-electron chi connectivity index (χ3n) is 4.55. The summed E-state index contributed by atoms with van der Waals surface area (Å²) in [6, 6.07) is 7.90. The average molecular weight is 394 g/mol. The third-order valence-corrected chi connectivity index (χ3v) is 4.67. The Bertz CT molecular complexity index is 641. The molecule has 0 spiro atoms. The van der Waals surface area contributed by atoms with Gasteiger partial charge in [-0.05, 0) is 24.1 Å². The van der Waals surface area contributed by atoms with Crippen LogP contribution < -0.4 is 10.6 Å². The molecule has 0 radical (unpaired) electrons. The van der Waals surface area contributed by atoms with E-state index in [9.17, 15) is 14.7 Å². The van der Waals surface area contributed by atoms with Crippen LogP contribution in [0.4, 0.5) is 5.69 Å². The maximum atomic E-state index is 11.3. The van der Waals surface area contributed by atoms with Crippen molar-refractivity contribution in [2.45, 2.75) is 12.5 Å². The molecule has 0 aromatic heterocycles. The molecule has 0 saturated carbocycles. The molecule has 1 aliphatic heterocycles. The highest BCUT2D eigenvalue weighted by Crippen LogP contribution is 2.14. The van der Waals surface area contributed by atoms with E-state index in [0.717, 1.165) is 11.3 Å². The zero-order valence-corrected chi connectivity index (χ0v) is 16.0. The van der Waals surface area contributed by atoms with Crippen LogP contribution in [-0.4, -0.2) is 89.3 Å². The molecule has 27 heavy (non-hydrogen) atoms. The second kappa shape index (κ2) is 10.9. The summed E-state index contributed by atoms with van der Waals surface area (Å²) < 4.78 is 0. The Morgan fingerprint density at radius 1 is 1.15 bits per heavy atom. The van der Waals surface area contributed by atoms with Gasteiger partial charge in [0.1, 0.15) is 0 Å². The van der Waals surface area contributed by atoms with E-state index >= 15 is 0 Å². The summed E-state index contributed by atoms with van der Waals surface area (Å²) in [4.78, 5) is 26.1. The van der Waals surface area contributed by atoms with Gasteiger partial charge in [-0.25, -0.2) is 0 Å². The molecular formula is C18H26N4O4S. The number of aliphatic carboxylic acids is 2. The van der Waals surface area contributed by atoms with Crippen LogP contribution in [0.1, 0.15) is 5.56 Å². The molecule has 0 bridgehead atoms. The van der Waals surface area contributed by atoms with Gasteiger partial charge in [-0.2, -0.15) is 0 Å². The third kappa shape index (κ3) is 7.59. The van der Waals surface area contributed by atoms with Gasteiger partial charge in [-0.15, -0.1) is 0 Å². The highest BCUT2D eigenvalue weighted by Gasteiger charge is 2.24. The van der Waals surface area contributed by atoms with Crippen LogP contribution in [0.5, 0.6) is 0 Å². The molecule has 8 nitrogen and oxygen atoms in total. The maximum absolute atomic E-state index is 11.3. The first-order chi connectivity index (χ1) is 13.0. The zero-order chi connectivity index (χ0) is 19.6. The van der Waals surface area contributed by atoms with Gasteiger partial charge in [0.05, 0.1) is 18.6 Å². The molecule has 1 heterocycles. The van der Waals surface area contributed by atoms with Gasteiger partial charge >= 0.3 is 11.9 Å². The minimum absolute atomic E-state index is 0.00945. The molecule has 1 atom stereocenters. The number of hydrogen-bond acceptors (Lipinski definition) is 6. The van der Waals surface area contributed by atoms with E-state index in [1.807, 2.05) is 34.1 Å². The SMILES string of the molecule is O=C(O)CN1CCNCC(Cc2ccc(NC=S)cc2)N(CC(=O)O)CC1. The number of hydrogen-bond donors (Lipinski definition) is 4. The number of nitrogens with one attached hydrogen (secondary N) is 2. The van der Waals surface area contributed by atoms with E-state index in [0.29, 0.717) is 39.1 Å². The summed E-state index contributed by atoms with van der Waals surface area (Å²) >= 11 is 4.78. The smallest absolute Gasteiger partial charge is 0.317 e. The zero-order valence-electron chi connectivity index (χ0n) is 15.1. The molecule has 1 fully saturated rings. The van der Waals surface area contributed by atoms with Crippen LogP contribution in [0.2, 0.25) is 0 Å². The van der Waals surface area contributed by atoms with E-state index < -0.39 is 11.9 Å². The molecule has 0 amide bonds. The van der Waals surface area contributed by atoms with Crippen molar-refractivity contribution in [2.75, 3.05) is 51.1 Å². The summed E-state index contributed by atoms with van der Waals surface area (Å²) in [5.74, 6) is -1.76. The van der Waals surface area contributed by atoms with Crippen molar-refractivity contribution >= 4 is 35.3 Å². The molecular weight excluding hydrogens is 368 g/mol. The molecule has 1 unspecified atom stereocenters. The molecule has 1 aromatic carbocycles. The second-order valence-corrected chi connectivity index (χ2v) is 6.79. The molecule has 1 aromatic rings.